The first-order valence-corrected chi connectivity index (χ1v) is 6.77. The third-order valence-electron chi connectivity index (χ3n) is 4.03. The standard InChI is InChI=1S/C12H16N4O5/c1-12(2)20-6-4-3-14-8-5(13)9(17)15-11(18)16(8)10(19-4)7(6)21-12/h4,6-7,10,14H,3,13H2,1-2H3,(H,15,17,18)/t4-,6-,7-,10-/m1/s1. The van der Waals surface area contributed by atoms with E-state index in [1.54, 1.807) is 0 Å². The fourth-order valence-corrected chi connectivity index (χ4v) is 3.22. The highest BCUT2D eigenvalue weighted by Crippen LogP contribution is 2.44. The Bertz CT molecular complexity index is 723. The van der Waals surface area contributed by atoms with Gasteiger partial charge in [0.2, 0.25) is 0 Å². The maximum atomic E-state index is 12.2. The summed E-state index contributed by atoms with van der Waals surface area (Å²) in [6, 6.07) is 0. The van der Waals surface area contributed by atoms with Crippen LogP contribution in [0.25, 0.3) is 0 Å². The monoisotopic (exact) mass is 296 g/mol. The maximum Gasteiger partial charge on any atom is 0.332 e. The Hall–Kier alpha value is -1.84. The number of nitrogens with one attached hydrogen (secondary N) is 2. The van der Waals surface area contributed by atoms with Gasteiger partial charge in [-0.05, 0) is 13.8 Å². The molecule has 0 spiro atoms. The van der Waals surface area contributed by atoms with E-state index in [4.69, 9.17) is 19.9 Å². The lowest BCUT2D eigenvalue weighted by molar-refractivity contribution is -0.194. The second-order valence-corrected chi connectivity index (χ2v) is 5.90. The van der Waals surface area contributed by atoms with Gasteiger partial charge in [0.25, 0.3) is 5.56 Å². The van der Waals surface area contributed by atoms with Crippen molar-refractivity contribution in [3.05, 3.63) is 20.8 Å². The van der Waals surface area contributed by atoms with Crippen LogP contribution in [0.5, 0.6) is 0 Å². The molecule has 2 fully saturated rings. The molecular weight excluding hydrogens is 280 g/mol. The van der Waals surface area contributed by atoms with Gasteiger partial charge in [-0.3, -0.25) is 9.78 Å². The molecule has 1 aromatic rings. The molecule has 9 heteroatoms. The number of anilines is 2. The first-order valence-electron chi connectivity index (χ1n) is 6.77. The van der Waals surface area contributed by atoms with Crippen LogP contribution in [0.1, 0.15) is 20.1 Å². The number of nitrogens with zero attached hydrogens (tertiary/aromatic N) is 1. The number of aromatic nitrogens is 2. The summed E-state index contributed by atoms with van der Waals surface area (Å²) >= 11 is 0. The summed E-state index contributed by atoms with van der Waals surface area (Å²) in [7, 11) is 0. The van der Waals surface area contributed by atoms with Gasteiger partial charge >= 0.3 is 5.69 Å². The van der Waals surface area contributed by atoms with E-state index in [-0.39, 0.29) is 23.7 Å². The van der Waals surface area contributed by atoms with E-state index in [1.807, 2.05) is 13.8 Å². The molecule has 0 aliphatic carbocycles. The van der Waals surface area contributed by atoms with E-state index in [2.05, 4.69) is 10.3 Å². The van der Waals surface area contributed by atoms with Crippen LogP contribution in [-0.2, 0) is 14.2 Å². The fraction of sp³-hybridized carbons (Fsp3) is 0.667. The Morgan fingerprint density at radius 2 is 2.00 bits per heavy atom. The molecule has 3 aliphatic rings. The Balaban J connectivity index is 1.89. The summed E-state index contributed by atoms with van der Waals surface area (Å²) in [5, 5.41) is 3.00. The normalized spacial score (nSPS) is 35.7. The van der Waals surface area contributed by atoms with Crippen LogP contribution in [-0.4, -0.2) is 40.2 Å². The Labute approximate surface area is 119 Å². The smallest absolute Gasteiger partial charge is 0.332 e. The first kappa shape index (κ1) is 12.9. The Kier molecular flexibility index (Phi) is 2.37. The van der Waals surface area contributed by atoms with E-state index >= 15 is 0 Å². The Morgan fingerprint density at radius 1 is 1.29 bits per heavy atom. The minimum atomic E-state index is -0.739. The van der Waals surface area contributed by atoms with Crippen molar-refractivity contribution in [3.8, 4) is 0 Å². The zero-order valence-electron chi connectivity index (χ0n) is 11.6. The van der Waals surface area contributed by atoms with E-state index in [0.717, 1.165) is 0 Å². The molecule has 3 aliphatic heterocycles. The number of rotatable bonds is 0. The van der Waals surface area contributed by atoms with Crippen molar-refractivity contribution in [1.29, 1.82) is 0 Å². The lowest BCUT2D eigenvalue weighted by Gasteiger charge is -2.23. The summed E-state index contributed by atoms with van der Waals surface area (Å²) in [6.45, 7) is 4.01. The number of ether oxygens (including phenoxy) is 3. The van der Waals surface area contributed by atoms with Crippen molar-refractivity contribution in [2.45, 2.75) is 44.2 Å². The predicted octanol–water partition coefficient (Wildman–Crippen LogP) is -1.04. The van der Waals surface area contributed by atoms with Crippen LogP contribution in [0.4, 0.5) is 11.5 Å². The summed E-state index contributed by atoms with van der Waals surface area (Å²) in [5.74, 6) is -0.472. The predicted molar refractivity (Wildman–Crippen MR) is 72.0 cm³/mol. The fourth-order valence-electron chi connectivity index (χ4n) is 3.22. The second kappa shape index (κ2) is 3.87. The maximum absolute atomic E-state index is 12.2. The van der Waals surface area contributed by atoms with Crippen LogP contribution < -0.4 is 22.3 Å². The van der Waals surface area contributed by atoms with Crippen LogP contribution in [0.3, 0.4) is 0 Å². The molecule has 0 radical (unpaired) electrons. The van der Waals surface area contributed by atoms with Gasteiger partial charge in [-0.15, -0.1) is 0 Å². The van der Waals surface area contributed by atoms with Gasteiger partial charge < -0.3 is 25.3 Å². The van der Waals surface area contributed by atoms with Crippen molar-refractivity contribution >= 4 is 11.5 Å². The number of H-pyrrole nitrogens is 1. The molecule has 1 aromatic heterocycles. The van der Waals surface area contributed by atoms with Crippen molar-refractivity contribution in [1.82, 2.24) is 9.55 Å². The van der Waals surface area contributed by atoms with Crippen molar-refractivity contribution in [2.24, 2.45) is 0 Å². The minimum Gasteiger partial charge on any atom is -0.391 e. The number of fused-ring (bicyclic) bond motifs is 7. The van der Waals surface area contributed by atoms with Gasteiger partial charge in [0.15, 0.2) is 12.0 Å². The highest BCUT2D eigenvalue weighted by atomic mass is 16.8. The van der Waals surface area contributed by atoms with Gasteiger partial charge in [-0.25, -0.2) is 9.36 Å². The van der Waals surface area contributed by atoms with E-state index in [0.29, 0.717) is 6.54 Å². The molecule has 4 N–H and O–H groups in total. The molecule has 2 bridgehead atoms. The Morgan fingerprint density at radius 3 is 2.76 bits per heavy atom. The molecule has 0 saturated carbocycles. The number of hydrogen-bond donors (Lipinski definition) is 3. The molecule has 21 heavy (non-hydrogen) atoms. The molecule has 9 nitrogen and oxygen atoms in total. The van der Waals surface area contributed by atoms with Crippen molar-refractivity contribution in [2.75, 3.05) is 17.6 Å². The zero-order chi connectivity index (χ0) is 14.9. The number of nitrogen functional groups attached to an aromatic ring is 1. The first-order chi connectivity index (χ1) is 9.87. The molecule has 4 atom stereocenters. The lowest BCUT2D eigenvalue weighted by Crippen LogP contribution is -2.41. The number of nitrogens with two attached hydrogens (primary N) is 1. The quantitative estimate of drug-likeness (QED) is 0.559. The number of hydrogen-bond acceptors (Lipinski definition) is 7. The molecule has 2 saturated heterocycles. The average molecular weight is 296 g/mol. The van der Waals surface area contributed by atoms with Crippen LogP contribution in [0.15, 0.2) is 9.59 Å². The van der Waals surface area contributed by atoms with Crippen LogP contribution in [0, 0.1) is 0 Å². The van der Waals surface area contributed by atoms with E-state index in [1.165, 1.54) is 4.57 Å². The molecule has 4 heterocycles. The lowest BCUT2D eigenvalue weighted by atomic mass is 10.1. The number of aromatic amines is 1. The van der Waals surface area contributed by atoms with E-state index < -0.39 is 29.4 Å². The van der Waals surface area contributed by atoms with Gasteiger partial charge in [0, 0.05) is 6.54 Å². The average Bonchev–Trinajstić information content (AvgIpc) is 2.78. The van der Waals surface area contributed by atoms with Crippen LogP contribution >= 0.6 is 0 Å². The topological polar surface area (TPSA) is 121 Å². The molecular formula is C12H16N4O5. The summed E-state index contributed by atoms with van der Waals surface area (Å²) in [4.78, 5) is 26.0. The zero-order valence-corrected chi connectivity index (χ0v) is 11.6. The molecule has 114 valence electrons. The van der Waals surface area contributed by atoms with Crippen LogP contribution in [0.2, 0.25) is 0 Å². The summed E-state index contributed by atoms with van der Waals surface area (Å²) in [5.41, 5.74) is 4.53. The molecule has 0 aromatic carbocycles. The summed E-state index contributed by atoms with van der Waals surface area (Å²) in [6.07, 6.45) is -1.66. The SMILES string of the molecule is CC1(C)O[C@@H]2[C@H](O1)[C@H]1CNc3c(N)c(=O)[nH]c(=O)n3[C@@H]2O1. The van der Waals surface area contributed by atoms with E-state index in [9.17, 15) is 9.59 Å². The van der Waals surface area contributed by atoms with Gasteiger partial charge in [0.1, 0.15) is 29.8 Å². The third-order valence-corrected chi connectivity index (χ3v) is 4.03. The van der Waals surface area contributed by atoms with Crippen molar-refractivity contribution in [3.63, 3.8) is 0 Å². The second-order valence-electron chi connectivity index (χ2n) is 5.90. The minimum absolute atomic E-state index is 0.0412. The van der Waals surface area contributed by atoms with Gasteiger partial charge in [-0.2, -0.15) is 0 Å². The molecule has 0 amide bonds. The molecule has 0 unspecified atom stereocenters. The summed E-state index contributed by atoms with van der Waals surface area (Å²) < 4.78 is 18.9. The largest absolute Gasteiger partial charge is 0.391 e. The highest BCUT2D eigenvalue weighted by Gasteiger charge is 2.57. The van der Waals surface area contributed by atoms with Crippen molar-refractivity contribution < 1.29 is 14.2 Å². The van der Waals surface area contributed by atoms with Gasteiger partial charge in [-0.1, -0.05) is 0 Å². The molecule has 4 rings (SSSR count). The highest BCUT2D eigenvalue weighted by molar-refractivity contribution is 5.60. The van der Waals surface area contributed by atoms with Gasteiger partial charge in [0.05, 0.1) is 0 Å². The third kappa shape index (κ3) is 1.68.